The number of benzene rings is 1. The molecule has 3 aliphatic carbocycles. The number of hydrogen-bond acceptors (Lipinski definition) is 2. The molecule has 166 valence electrons. The molecule has 2 heteroatoms. The summed E-state index contributed by atoms with van der Waals surface area (Å²) in [6.07, 6.45) is 23.0. The van der Waals surface area contributed by atoms with Gasteiger partial charge in [0.25, 0.3) is 0 Å². The average molecular weight is 425 g/mol. The second-order valence-electron chi connectivity index (χ2n) is 9.90. The predicted molar refractivity (Wildman–Crippen MR) is 135 cm³/mol. The largest absolute Gasteiger partial charge is 0.233 e. The molecule has 2 unspecified atom stereocenters. The first-order chi connectivity index (χ1) is 15.8. The molecule has 1 saturated carbocycles. The van der Waals surface area contributed by atoms with E-state index < -0.39 is 0 Å². The summed E-state index contributed by atoms with van der Waals surface area (Å²) >= 11 is 0. The Morgan fingerprint density at radius 3 is 2.38 bits per heavy atom. The van der Waals surface area contributed by atoms with Gasteiger partial charge in [0.2, 0.25) is 0 Å². The fourth-order valence-electron chi connectivity index (χ4n) is 5.63. The topological polar surface area (TPSA) is 25.8 Å². The highest BCUT2D eigenvalue weighted by Gasteiger charge is 2.21. The first-order valence-electron chi connectivity index (χ1n) is 12.8. The van der Waals surface area contributed by atoms with Gasteiger partial charge in [-0.05, 0) is 74.5 Å². The van der Waals surface area contributed by atoms with Gasteiger partial charge in [-0.2, -0.15) is 0 Å². The summed E-state index contributed by atoms with van der Waals surface area (Å²) in [5.74, 6) is 2.55. The molecule has 2 atom stereocenters. The molecule has 0 N–H and O–H groups in total. The number of allylic oxidation sites excluding steroid dienone is 5. The van der Waals surface area contributed by atoms with Crippen molar-refractivity contribution >= 4 is 5.57 Å². The Hall–Kier alpha value is -2.48. The summed E-state index contributed by atoms with van der Waals surface area (Å²) in [4.78, 5) is 10.2. The van der Waals surface area contributed by atoms with Crippen LogP contribution < -0.4 is 0 Å². The molecule has 1 heterocycles. The van der Waals surface area contributed by atoms with Crippen molar-refractivity contribution in [3.8, 4) is 11.4 Å². The van der Waals surface area contributed by atoms with Crippen LogP contribution in [0.5, 0.6) is 0 Å². The zero-order chi connectivity index (χ0) is 21.8. The molecular weight excluding hydrogens is 388 g/mol. The third-order valence-electron chi connectivity index (χ3n) is 7.69. The number of nitrogens with zero attached hydrogens (tertiary/aromatic N) is 2. The minimum atomic E-state index is 0.512. The first kappa shape index (κ1) is 21.4. The Balaban J connectivity index is 1.45. The van der Waals surface area contributed by atoms with E-state index in [1.165, 1.54) is 86.7 Å². The van der Waals surface area contributed by atoms with Crippen LogP contribution in [0.4, 0.5) is 0 Å². The summed E-state index contributed by atoms with van der Waals surface area (Å²) < 4.78 is 0. The van der Waals surface area contributed by atoms with Crippen LogP contribution in [0.25, 0.3) is 17.0 Å². The van der Waals surface area contributed by atoms with E-state index in [-0.39, 0.29) is 0 Å². The van der Waals surface area contributed by atoms with Crippen LogP contribution in [-0.4, -0.2) is 9.97 Å². The van der Waals surface area contributed by atoms with Crippen molar-refractivity contribution in [1.82, 2.24) is 9.97 Å². The van der Waals surface area contributed by atoms with Crippen LogP contribution in [0.2, 0.25) is 0 Å². The van der Waals surface area contributed by atoms with Crippen molar-refractivity contribution < 1.29 is 0 Å². The maximum Gasteiger partial charge on any atom is 0.160 e. The average Bonchev–Trinajstić information content (AvgIpc) is 2.89. The number of aromatic nitrogens is 2. The van der Waals surface area contributed by atoms with Gasteiger partial charge in [0.1, 0.15) is 0 Å². The molecule has 0 aliphatic heterocycles. The van der Waals surface area contributed by atoms with Crippen molar-refractivity contribution in [3.05, 3.63) is 78.2 Å². The highest BCUT2D eigenvalue weighted by atomic mass is 14.9. The minimum Gasteiger partial charge on any atom is -0.233 e. The summed E-state index contributed by atoms with van der Waals surface area (Å²) in [6.45, 7) is 3.94. The van der Waals surface area contributed by atoms with Crippen LogP contribution >= 0.6 is 0 Å². The SMILES string of the molecule is C=CC1C=CC(c2ccc(-c3nc(C4=CCCCC4)cc(C4CCCCC4)n3)cc2)CC1. The summed E-state index contributed by atoms with van der Waals surface area (Å²) in [7, 11) is 0. The van der Waals surface area contributed by atoms with Crippen molar-refractivity contribution in [2.24, 2.45) is 5.92 Å². The van der Waals surface area contributed by atoms with E-state index in [1.807, 2.05) is 0 Å². The normalized spacial score (nSPS) is 24.2. The molecule has 5 rings (SSSR count). The maximum atomic E-state index is 5.12. The van der Waals surface area contributed by atoms with Gasteiger partial charge in [-0.25, -0.2) is 9.97 Å². The lowest BCUT2D eigenvalue weighted by molar-refractivity contribution is 0.436. The van der Waals surface area contributed by atoms with Gasteiger partial charge in [-0.1, -0.05) is 67.8 Å². The first-order valence-corrected chi connectivity index (χ1v) is 12.8. The summed E-state index contributed by atoms with van der Waals surface area (Å²) in [5, 5.41) is 0. The Morgan fingerprint density at radius 1 is 0.844 bits per heavy atom. The zero-order valence-electron chi connectivity index (χ0n) is 19.3. The van der Waals surface area contributed by atoms with Crippen LogP contribution in [0.15, 0.2) is 61.2 Å². The van der Waals surface area contributed by atoms with Gasteiger partial charge in [0, 0.05) is 23.1 Å². The second-order valence-corrected chi connectivity index (χ2v) is 9.90. The molecule has 0 saturated heterocycles. The number of hydrogen-bond donors (Lipinski definition) is 0. The van der Waals surface area contributed by atoms with Crippen molar-refractivity contribution in [3.63, 3.8) is 0 Å². The molecule has 3 aliphatic rings. The Kier molecular flexibility index (Phi) is 6.67. The highest BCUT2D eigenvalue weighted by Crippen LogP contribution is 2.36. The smallest absolute Gasteiger partial charge is 0.160 e. The van der Waals surface area contributed by atoms with Gasteiger partial charge < -0.3 is 0 Å². The summed E-state index contributed by atoms with van der Waals surface area (Å²) in [5.41, 5.74) is 6.41. The molecule has 0 spiro atoms. The van der Waals surface area contributed by atoms with E-state index in [2.05, 4.69) is 61.2 Å². The van der Waals surface area contributed by atoms with Crippen molar-refractivity contribution in [2.45, 2.75) is 82.5 Å². The molecule has 2 nitrogen and oxygen atoms in total. The molecule has 1 fully saturated rings. The minimum absolute atomic E-state index is 0.512. The van der Waals surface area contributed by atoms with Crippen LogP contribution in [0.3, 0.4) is 0 Å². The Labute approximate surface area is 193 Å². The Bertz CT molecular complexity index is 992. The van der Waals surface area contributed by atoms with Crippen molar-refractivity contribution in [1.29, 1.82) is 0 Å². The molecule has 0 radical (unpaired) electrons. The lowest BCUT2D eigenvalue weighted by atomic mass is 9.84. The monoisotopic (exact) mass is 424 g/mol. The van der Waals surface area contributed by atoms with Gasteiger partial charge in [-0.15, -0.1) is 6.58 Å². The standard InChI is InChI=1S/C30H36N2/c1-2-22-13-15-23(16-14-22)24-17-19-27(20-18-24)30-31-28(25-9-5-3-6-10-25)21-29(32-30)26-11-7-4-8-12-26/h2,9,13,15,17-23,26H,1,3-8,10-12,14,16H2. The van der Waals surface area contributed by atoms with Crippen LogP contribution in [0, 0.1) is 5.92 Å². The summed E-state index contributed by atoms with van der Waals surface area (Å²) in [6, 6.07) is 11.4. The third-order valence-corrected chi connectivity index (χ3v) is 7.69. The van der Waals surface area contributed by atoms with E-state index in [4.69, 9.17) is 9.97 Å². The predicted octanol–water partition coefficient (Wildman–Crippen LogP) is 8.38. The van der Waals surface area contributed by atoms with E-state index in [1.54, 1.807) is 0 Å². The quantitative estimate of drug-likeness (QED) is 0.450. The highest BCUT2D eigenvalue weighted by molar-refractivity contribution is 5.66. The lowest BCUT2D eigenvalue weighted by Crippen LogP contribution is -2.10. The van der Waals surface area contributed by atoms with Gasteiger partial charge in [-0.3, -0.25) is 0 Å². The zero-order valence-corrected chi connectivity index (χ0v) is 19.3. The molecule has 2 aromatic rings. The number of rotatable bonds is 5. The van der Waals surface area contributed by atoms with E-state index in [0.717, 1.165) is 17.8 Å². The fraction of sp³-hybridized carbons (Fsp3) is 0.467. The van der Waals surface area contributed by atoms with Gasteiger partial charge in [0.05, 0.1) is 5.69 Å². The third kappa shape index (κ3) is 4.80. The van der Waals surface area contributed by atoms with Gasteiger partial charge in [0.15, 0.2) is 5.82 Å². The maximum absolute atomic E-state index is 5.12. The van der Waals surface area contributed by atoms with E-state index in [9.17, 15) is 0 Å². The molecular formula is C30H36N2. The molecule has 0 bridgehead atoms. The van der Waals surface area contributed by atoms with Crippen LogP contribution in [0.1, 0.15) is 99.4 Å². The molecule has 0 amide bonds. The van der Waals surface area contributed by atoms with Crippen molar-refractivity contribution in [2.75, 3.05) is 0 Å². The fourth-order valence-corrected chi connectivity index (χ4v) is 5.63. The molecule has 1 aromatic heterocycles. The van der Waals surface area contributed by atoms with E-state index in [0.29, 0.717) is 17.8 Å². The molecule has 1 aromatic carbocycles. The lowest BCUT2D eigenvalue weighted by Gasteiger charge is -2.23. The van der Waals surface area contributed by atoms with Gasteiger partial charge >= 0.3 is 0 Å². The molecule has 32 heavy (non-hydrogen) atoms. The second kappa shape index (κ2) is 9.98. The Morgan fingerprint density at radius 2 is 1.69 bits per heavy atom. The van der Waals surface area contributed by atoms with Crippen LogP contribution in [-0.2, 0) is 0 Å². The van der Waals surface area contributed by atoms with E-state index >= 15 is 0 Å².